The standard InChI is InChI=1S/C7H16O2Si2/c10-8-7(9-11)6-4-2-1-3-5-6/h1-5H2,10-11H3. The van der Waals surface area contributed by atoms with Crippen LogP contribution in [0.5, 0.6) is 0 Å². The van der Waals surface area contributed by atoms with Crippen molar-refractivity contribution in [1.82, 2.24) is 0 Å². The molecule has 0 bridgehead atoms. The molecule has 0 spiro atoms. The summed E-state index contributed by atoms with van der Waals surface area (Å²) in [5, 5.41) is 0. The molecule has 1 aliphatic carbocycles. The molecule has 0 N–H and O–H groups in total. The van der Waals surface area contributed by atoms with Gasteiger partial charge in [-0.25, -0.2) is 0 Å². The fourth-order valence-corrected chi connectivity index (χ4v) is 2.80. The van der Waals surface area contributed by atoms with Crippen molar-refractivity contribution in [3.8, 4) is 0 Å². The van der Waals surface area contributed by atoms with E-state index in [1.807, 2.05) is 0 Å². The number of rotatable bonds is 2. The highest BCUT2D eigenvalue weighted by atomic mass is 28.2. The van der Waals surface area contributed by atoms with Crippen LogP contribution in [0.2, 0.25) is 0 Å². The monoisotopic (exact) mass is 188 g/mol. The third-order valence-corrected chi connectivity index (χ3v) is 2.86. The molecule has 0 heterocycles. The highest BCUT2D eigenvalue weighted by Crippen LogP contribution is 2.25. The van der Waals surface area contributed by atoms with Crippen LogP contribution in [0.15, 0.2) is 11.5 Å². The van der Waals surface area contributed by atoms with Crippen LogP contribution in [-0.2, 0) is 8.85 Å². The molecule has 0 unspecified atom stereocenters. The Morgan fingerprint density at radius 2 is 1.55 bits per heavy atom. The van der Waals surface area contributed by atoms with Gasteiger partial charge in [0, 0.05) is 5.57 Å². The predicted molar refractivity (Wildman–Crippen MR) is 52.2 cm³/mol. The largest absolute Gasteiger partial charge is 0.529 e. The van der Waals surface area contributed by atoms with E-state index >= 15 is 0 Å². The zero-order valence-corrected chi connectivity index (χ0v) is 11.4. The predicted octanol–water partition coefficient (Wildman–Crippen LogP) is -0.244. The van der Waals surface area contributed by atoms with Crippen LogP contribution in [0.4, 0.5) is 0 Å². The lowest BCUT2D eigenvalue weighted by molar-refractivity contribution is 0.242. The highest BCUT2D eigenvalue weighted by Gasteiger charge is 2.11. The molecule has 1 saturated carbocycles. The van der Waals surface area contributed by atoms with Gasteiger partial charge in [-0.2, -0.15) is 0 Å². The zero-order chi connectivity index (χ0) is 8.10. The number of hydrogen-bond acceptors (Lipinski definition) is 2. The van der Waals surface area contributed by atoms with Crippen molar-refractivity contribution < 1.29 is 8.85 Å². The first-order chi connectivity index (χ1) is 5.38. The normalized spacial score (nSPS) is 18.4. The van der Waals surface area contributed by atoms with E-state index in [2.05, 4.69) is 0 Å². The van der Waals surface area contributed by atoms with Gasteiger partial charge in [0.15, 0.2) is 0 Å². The zero-order valence-electron chi connectivity index (χ0n) is 7.35. The van der Waals surface area contributed by atoms with Gasteiger partial charge in [0.05, 0.1) is 0 Å². The van der Waals surface area contributed by atoms with Crippen molar-refractivity contribution in [1.29, 1.82) is 0 Å². The maximum absolute atomic E-state index is 5.27. The molecule has 0 radical (unpaired) electrons. The van der Waals surface area contributed by atoms with Crippen LogP contribution >= 0.6 is 0 Å². The molecule has 0 saturated heterocycles. The molecule has 4 heteroatoms. The first kappa shape index (κ1) is 8.87. The Labute approximate surface area is 74.0 Å². The fourth-order valence-electron chi connectivity index (χ4n) is 1.55. The summed E-state index contributed by atoms with van der Waals surface area (Å²) >= 11 is 0. The molecule has 1 fully saturated rings. The van der Waals surface area contributed by atoms with E-state index in [-0.39, 0.29) is 0 Å². The molecule has 64 valence electrons. The van der Waals surface area contributed by atoms with Gasteiger partial charge in [-0.3, -0.25) is 0 Å². The molecule has 0 atom stereocenters. The second-order valence-corrected chi connectivity index (χ2v) is 3.68. The van der Waals surface area contributed by atoms with Gasteiger partial charge in [0.1, 0.15) is 0 Å². The minimum absolute atomic E-state index is 0.755. The third kappa shape index (κ3) is 2.37. The van der Waals surface area contributed by atoms with Crippen LogP contribution in [0.3, 0.4) is 0 Å². The number of allylic oxidation sites excluding steroid dienone is 1. The molecule has 1 rings (SSSR count). The van der Waals surface area contributed by atoms with E-state index in [4.69, 9.17) is 8.85 Å². The minimum Gasteiger partial charge on any atom is -0.529 e. The average molecular weight is 188 g/mol. The minimum atomic E-state index is 0.755. The summed E-state index contributed by atoms with van der Waals surface area (Å²) in [4.78, 5) is 0. The molecule has 1 aliphatic rings. The maximum Gasteiger partial charge on any atom is 0.249 e. The Hall–Kier alpha value is -0.226. The van der Waals surface area contributed by atoms with Gasteiger partial charge in [0.25, 0.3) is 0 Å². The SMILES string of the molecule is [SiH3]OC(O[SiH3])=C1CCCCC1. The second-order valence-electron chi connectivity index (χ2n) is 2.86. The molecule has 0 aromatic heterocycles. The third-order valence-electron chi connectivity index (χ3n) is 2.12. The first-order valence-corrected chi connectivity index (χ1v) is 5.81. The lowest BCUT2D eigenvalue weighted by Crippen LogP contribution is -2.02. The van der Waals surface area contributed by atoms with E-state index in [9.17, 15) is 0 Å². The summed E-state index contributed by atoms with van der Waals surface area (Å²) in [6.07, 6.45) is 6.39. The van der Waals surface area contributed by atoms with Gasteiger partial charge >= 0.3 is 0 Å². The summed E-state index contributed by atoms with van der Waals surface area (Å²) in [7, 11) is 1.51. The molecular weight excluding hydrogens is 172 g/mol. The Balaban J connectivity index is 2.57. The summed E-state index contributed by atoms with van der Waals surface area (Å²) in [5.41, 5.74) is 1.42. The van der Waals surface area contributed by atoms with E-state index < -0.39 is 0 Å². The van der Waals surface area contributed by atoms with Gasteiger partial charge in [-0.1, -0.05) is 6.42 Å². The fraction of sp³-hybridized carbons (Fsp3) is 0.714. The van der Waals surface area contributed by atoms with Crippen molar-refractivity contribution in [2.24, 2.45) is 0 Å². The van der Waals surface area contributed by atoms with E-state index in [1.54, 1.807) is 0 Å². The van der Waals surface area contributed by atoms with Gasteiger partial charge in [-0.05, 0) is 25.7 Å². The molecular formula is C7H16O2Si2. The average Bonchev–Trinajstić information content (AvgIpc) is 2.09. The van der Waals surface area contributed by atoms with Crippen LogP contribution in [0.25, 0.3) is 0 Å². The van der Waals surface area contributed by atoms with Crippen LogP contribution < -0.4 is 0 Å². The molecule has 11 heavy (non-hydrogen) atoms. The topological polar surface area (TPSA) is 18.5 Å². The summed E-state index contributed by atoms with van der Waals surface area (Å²) < 4.78 is 10.5. The molecule has 0 aliphatic heterocycles. The Morgan fingerprint density at radius 3 is 2.00 bits per heavy atom. The van der Waals surface area contributed by atoms with Crippen LogP contribution in [-0.4, -0.2) is 21.0 Å². The smallest absolute Gasteiger partial charge is 0.249 e. The van der Waals surface area contributed by atoms with E-state index in [0.717, 1.165) is 26.9 Å². The quantitative estimate of drug-likeness (QED) is 0.440. The van der Waals surface area contributed by atoms with Gasteiger partial charge in [-0.15, -0.1) is 0 Å². The summed E-state index contributed by atoms with van der Waals surface area (Å²) in [6.45, 7) is 0. The lowest BCUT2D eigenvalue weighted by Gasteiger charge is -2.17. The van der Waals surface area contributed by atoms with Crippen LogP contribution in [0.1, 0.15) is 32.1 Å². The van der Waals surface area contributed by atoms with Gasteiger partial charge < -0.3 is 8.85 Å². The molecule has 0 aromatic carbocycles. The van der Waals surface area contributed by atoms with E-state index in [0.29, 0.717) is 0 Å². The Bertz CT molecular complexity index is 143. The first-order valence-electron chi connectivity index (χ1n) is 4.18. The van der Waals surface area contributed by atoms with Gasteiger partial charge in [0.2, 0.25) is 26.9 Å². The summed E-state index contributed by atoms with van der Waals surface area (Å²) in [5.74, 6) is 0.864. The van der Waals surface area contributed by atoms with Crippen molar-refractivity contribution in [2.45, 2.75) is 32.1 Å². The summed E-state index contributed by atoms with van der Waals surface area (Å²) in [6, 6.07) is 0. The van der Waals surface area contributed by atoms with Crippen molar-refractivity contribution in [3.63, 3.8) is 0 Å². The second kappa shape index (κ2) is 4.61. The van der Waals surface area contributed by atoms with Crippen molar-refractivity contribution >= 4 is 21.0 Å². The maximum atomic E-state index is 5.27. The number of hydrogen-bond donors (Lipinski definition) is 0. The van der Waals surface area contributed by atoms with Crippen molar-refractivity contribution in [3.05, 3.63) is 11.5 Å². The highest BCUT2D eigenvalue weighted by molar-refractivity contribution is 6.01. The van der Waals surface area contributed by atoms with E-state index in [1.165, 1.54) is 37.7 Å². The van der Waals surface area contributed by atoms with Crippen LogP contribution in [0, 0.1) is 0 Å². The molecule has 0 aromatic rings. The lowest BCUT2D eigenvalue weighted by atomic mass is 9.96. The molecule has 2 nitrogen and oxygen atoms in total. The Kier molecular flexibility index (Phi) is 3.72. The molecule has 0 amide bonds. The van der Waals surface area contributed by atoms with Crippen molar-refractivity contribution in [2.75, 3.05) is 0 Å². The Morgan fingerprint density at radius 1 is 1.00 bits per heavy atom.